The van der Waals surface area contributed by atoms with Crippen LogP contribution < -0.4 is 14.5 Å². The molecule has 2 aliphatic rings. The highest BCUT2D eigenvalue weighted by molar-refractivity contribution is 7.93. The standard InChI is InChI=1S/C19H18Cl3N3O4S/c20-11-4-12(6-13(5-11)24-9-15(26)10-24)23-19(27)16-7-14(8-17(21)18(16)22)25-2-1-3-30(25,28)29/h4-8,15,26H,1-3,9-10H2,(H,23,27). The van der Waals surface area contributed by atoms with E-state index in [-0.39, 0.29) is 27.5 Å². The Morgan fingerprint density at radius 2 is 1.80 bits per heavy atom. The molecular weight excluding hydrogens is 473 g/mol. The van der Waals surface area contributed by atoms with E-state index >= 15 is 0 Å². The lowest BCUT2D eigenvalue weighted by Gasteiger charge is -2.38. The Kier molecular flexibility index (Phi) is 5.80. The molecule has 7 nitrogen and oxygen atoms in total. The number of benzene rings is 2. The molecule has 2 N–H and O–H groups in total. The van der Waals surface area contributed by atoms with Crippen LogP contribution in [0.1, 0.15) is 16.8 Å². The molecule has 0 atom stereocenters. The molecule has 0 aromatic heterocycles. The number of carbonyl (C=O) groups excluding carboxylic acids is 1. The zero-order valence-corrected chi connectivity index (χ0v) is 18.7. The first kappa shape index (κ1) is 21.5. The summed E-state index contributed by atoms with van der Waals surface area (Å²) in [5, 5.41) is 12.8. The van der Waals surface area contributed by atoms with E-state index in [1.807, 2.05) is 4.90 Å². The molecule has 30 heavy (non-hydrogen) atoms. The highest BCUT2D eigenvalue weighted by Gasteiger charge is 2.30. The molecule has 0 aliphatic carbocycles. The van der Waals surface area contributed by atoms with Gasteiger partial charge in [-0.1, -0.05) is 34.8 Å². The van der Waals surface area contributed by atoms with Crippen molar-refractivity contribution in [2.75, 3.05) is 39.9 Å². The zero-order valence-electron chi connectivity index (χ0n) is 15.6. The Labute approximate surface area is 189 Å². The fraction of sp³-hybridized carbons (Fsp3) is 0.316. The molecule has 0 unspecified atom stereocenters. The smallest absolute Gasteiger partial charge is 0.257 e. The first-order valence-electron chi connectivity index (χ1n) is 9.18. The van der Waals surface area contributed by atoms with E-state index in [4.69, 9.17) is 34.8 Å². The summed E-state index contributed by atoms with van der Waals surface area (Å²) in [5.41, 5.74) is 1.56. The van der Waals surface area contributed by atoms with Gasteiger partial charge in [0, 0.05) is 36.0 Å². The summed E-state index contributed by atoms with van der Waals surface area (Å²) in [6.07, 6.45) is 0.119. The van der Waals surface area contributed by atoms with Crippen molar-refractivity contribution >= 4 is 67.8 Å². The van der Waals surface area contributed by atoms with Gasteiger partial charge in [-0.25, -0.2) is 8.42 Å². The zero-order chi connectivity index (χ0) is 21.6. The SMILES string of the molecule is O=C(Nc1cc(Cl)cc(N2CC(O)C2)c1)c1cc(N2CCCS2(=O)=O)cc(Cl)c1Cl. The Bertz CT molecular complexity index is 1120. The van der Waals surface area contributed by atoms with Crippen molar-refractivity contribution in [3.05, 3.63) is 51.0 Å². The van der Waals surface area contributed by atoms with Crippen LogP contribution in [0.15, 0.2) is 30.3 Å². The summed E-state index contributed by atoms with van der Waals surface area (Å²) < 4.78 is 25.7. The van der Waals surface area contributed by atoms with E-state index in [1.54, 1.807) is 18.2 Å². The van der Waals surface area contributed by atoms with Gasteiger partial charge in [-0.05, 0) is 36.8 Å². The van der Waals surface area contributed by atoms with Crippen LogP contribution in [0.4, 0.5) is 17.1 Å². The molecule has 0 radical (unpaired) electrons. The fourth-order valence-electron chi connectivity index (χ4n) is 3.51. The molecule has 1 amide bonds. The highest BCUT2D eigenvalue weighted by atomic mass is 35.5. The molecule has 2 saturated heterocycles. The predicted molar refractivity (Wildman–Crippen MR) is 120 cm³/mol. The molecule has 11 heteroatoms. The first-order chi connectivity index (χ1) is 14.1. The number of hydrogen-bond donors (Lipinski definition) is 2. The van der Waals surface area contributed by atoms with Crippen LogP contribution in [0.3, 0.4) is 0 Å². The summed E-state index contributed by atoms with van der Waals surface area (Å²) in [5.74, 6) is -0.497. The summed E-state index contributed by atoms with van der Waals surface area (Å²) in [4.78, 5) is 14.9. The molecule has 4 rings (SSSR count). The van der Waals surface area contributed by atoms with Gasteiger partial charge in [-0.15, -0.1) is 0 Å². The van der Waals surface area contributed by atoms with Crippen LogP contribution in [0, 0.1) is 0 Å². The van der Waals surface area contributed by atoms with Gasteiger partial charge in [0.1, 0.15) is 0 Å². The molecule has 2 aliphatic heterocycles. The van der Waals surface area contributed by atoms with Crippen LogP contribution in [0.2, 0.25) is 15.1 Å². The number of nitrogens with zero attached hydrogens (tertiary/aromatic N) is 2. The van der Waals surface area contributed by atoms with Crippen LogP contribution in [0.25, 0.3) is 0 Å². The molecule has 0 bridgehead atoms. The molecule has 160 valence electrons. The summed E-state index contributed by atoms with van der Waals surface area (Å²) in [7, 11) is -3.44. The predicted octanol–water partition coefficient (Wildman–Crippen LogP) is 3.62. The van der Waals surface area contributed by atoms with Crippen molar-refractivity contribution in [1.82, 2.24) is 0 Å². The third-order valence-electron chi connectivity index (χ3n) is 5.01. The molecule has 0 spiro atoms. The number of anilines is 3. The Hall–Kier alpha value is -1.71. The van der Waals surface area contributed by atoms with E-state index in [1.165, 1.54) is 16.4 Å². The molecule has 2 heterocycles. The number of sulfonamides is 1. The van der Waals surface area contributed by atoms with E-state index in [0.717, 1.165) is 5.69 Å². The minimum Gasteiger partial charge on any atom is -0.389 e. The minimum absolute atomic E-state index is 0.0302. The Morgan fingerprint density at radius 3 is 2.43 bits per heavy atom. The van der Waals surface area contributed by atoms with Gasteiger partial charge in [0.15, 0.2) is 0 Å². The van der Waals surface area contributed by atoms with Crippen molar-refractivity contribution in [2.24, 2.45) is 0 Å². The fourth-order valence-corrected chi connectivity index (χ4v) is 5.69. The maximum atomic E-state index is 12.9. The van der Waals surface area contributed by atoms with Crippen LogP contribution in [0.5, 0.6) is 0 Å². The van der Waals surface area contributed by atoms with Gasteiger partial charge in [0.2, 0.25) is 10.0 Å². The number of halogens is 3. The van der Waals surface area contributed by atoms with Crippen molar-refractivity contribution in [3.63, 3.8) is 0 Å². The topological polar surface area (TPSA) is 90.0 Å². The third-order valence-corrected chi connectivity index (χ3v) is 7.90. The van der Waals surface area contributed by atoms with Crippen LogP contribution >= 0.6 is 34.8 Å². The van der Waals surface area contributed by atoms with Crippen LogP contribution in [-0.2, 0) is 10.0 Å². The number of nitrogens with one attached hydrogen (secondary N) is 1. The summed E-state index contributed by atoms with van der Waals surface area (Å²) in [6, 6.07) is 7.93. The second-order valence-corrected chi connectivity index (χ2v) is 10.5. The average Bonchev–Trinajstić information content (AvgIpc) is 2.99. The maximum Gasteiger partial charge on any atom is 0.257 e. The van der Waals surface area contributed by atoms with E-state index in [9.17, 15) is 18.3 Å². The monoisotopic (exact) mass is 489 g/mol. The van der Waals surface area contributed by atoms with Gasteiger partial charge in [0.25, 0.3) is 5.91 Å². The molecular formula is C19H18Cl3N3O4S. The van der Waals surface area contributed by atoms with Gasteiger partial charge in [0.05, 0.1) is 33.2 Å². The van der Waals surface area contributed by atoms with Crippen molar-refractivity contribution in [1.29, 1.82) is 0 Å². The van der Waals surface area contributed by atoms with E-state index in [0.29, 0.717) is 42.5 Å². The molecule has 0 saturated carbocycles. The lowest BCUT2D eigenvalue weighted by molar-refractivity contribution is 0.102. The first-order valence-corrected chi connectivity index (χ1v) is 11.9. The number of aliphatic hydroxyl groups excluding tert-OH is 1. The molecule has 2 aromatic carbocycles. The van der Waals surface area contributed by atoms with Crippen LogP contribution in [-0.4, -0.2) is 50.9 Å². The van der Waals surface area contributed by atoms with Crippen molar-refractivity contribution in [3.8, 4) is 0 Å². The number of rotatable bonds is 4. The van der Waals surface area contributed by atoms with E-state index < -0.39 is 15.9 Å². The third kappa shape index (κ3) is 4.20. The molecule has 2 aromatic rings. The average molecular weight is 491 g/mol. The summed E-state index contributed by atoms with van der Waals surface area (Å²) >= 11 is 18.6. The molecule has 2 fully saturated rings. The highest BCUT2D eigenvalue weighted by Crippen LogP contribution is 2.35. The van der Waals surface area contributed by atoms with Gasteiger partial charge in [-0.2, -0.15) is 0 Å². The number of aliphatic hydroxyl groups is 1. The second kappa shape index (κ2) is 8.09. The minimum atomic E-state index is -3.44. The quantitative estimate of drug-likeness (QED) is 0.683. The lowest BCUT2D eigenvalue weighted by Crippen LogP contribution is -2.50. The van der Waals surface area contributed by atoms with Gasteiger partial charge in [-0.3, -0.25) is 9.10 Å². The number of carbonyl (C=O) groups is 1. The normalized spacial score (nSPS) is 18.4. The Balaban J connectivity index is 1.62. The largest absolute Gasteiger partial charge is 0.389 e. The Morgan fingerprint density at radius 1 is 1.07 bits per heavy atom. The number of β-amino-alcohol motifs (C(OH)–C–C–N with tert-alkyl or cyclic N) is 1. The maximum absolute atomic E-state index is 12.9. The van der Waals surface area contributed by atoms with Gasteiger partial charge >= 0.3 is 0 Å². The van der Waals surface area contributed by atoms with Gasteiger partial charge < -0.3 is 15.3 Å². The second-order valence-electron chi connectivity index (χ2n) is 7.24. The van der Waals surface area contributed by atoms with Crippen molar-refractivity contribution in [2.45, 2.75) is 12.5 Å². The summed E-state index contributed by atoms with van der Waals surface area (Å²) in [6.45, 7) is 1.30. The van der Waals surface area contributed by atoms with E-state index in [2.05, 4.69) is 5.32 Å². The number of hydrogen-bond acceptors (Lipinski definition) is 5. The van der Waals surface area contributed by atoms with Crippen molar-refractivity contribution < 1.29 is 18.3 Å². The number of amides is 1. The lowest BCUT2D eigenvalue weighted by atomic mass is 10.1.